The molecule has 0 heterocycles. The van der Waals surface area contributed by atoms with Gasteiger partial charge in [-0.3, -0.25) is 0 Å². The van der Waals surface area contributed by atoms with Gasteiger partial charge in [0.15, 0.2) is 0 Å². The van der Waals surface area contributed by atoms with Crippen LogP contribution in [0.15, 0.2) is 24.3 Å². The Hall–Kier alpha value is -1.02. The molecule has 2 unspecified atom stereocenters. The lowest BCUT2D eigenvalue weighted by Crippen LogP contribution is -2.24. The number of ether oxygens (including phenoxy) is 1. The maximum atomic E-state index is 5.28. The fourth-order valence-electron chi connectivity index (χ4n) is 3.00. The van der Waals surface area contributed by atoms with Gasteiger partial charge in [0, 0.05) is 6.04 Å². The van der Waals surface area contributed by atoms with Crippen molar-refractivity contribution < 1.29 is 4.74 Å². The van der Waals surface area contributed by atoms with E-state index in [4.69, 9.17) is 4.74 Å². The van der Waals surface area contributed by atoms with Crippen molar-refractivity contribution in [1.29, 1.82) is 0 Å². The highest BCUT2D eigenvalue weighted by molar-refractivity contribution is 5.29. The zero-order chi connectivity index (χ0) is 12.3. The van der Waals surface area contributed by atoms with Crippen LogP contribution in [-0.4, -0.2) is 20.2 Å². The Morgan fingerprint density at radius 3 is 2.94 bits per heavy atom. The van der Waals surface area contributed by atoms with Gasteiger partial charge < -0.3 is 10.1 Å². The standard InChI is InChI=1S/C15H23NO/c1-15(8-7-13(11-15)16-2)10-12-5-4-6-14(9-12)17-3/h4-6,9,13,16H,7-8,10-11H2,1-3H3. The summed E-state index contributed by atoms with van der Waals surface area (Å²) in [5.74, 6) is 0.967. The molecule has 1 aromatic carbocycles. The molecule has 2 heteroatoms. The van der Waals surface area contributed by atoms with Crippen LogP contribution in [-0.2, 0) is 6.42 Å². The fraction of sp³-hybridized carbons (Fsp3) is 0.600. The van der Waals surface area contributed by atoms with Crippen LogP contribution in [0.5, 0.6) is 5.75 Å². The number of benzene rings is 1. The lowest BCUT2D eigenvalue weighted by Gasteiger charge is -2.24. The lowest BCUT2D eigenvalue weighted by atomic mass is 9.82. The predicted octanol–water partition coefficient (Wildman–Crippen LogP) is 3.02. The predicted molar refractivity (Wildman–Crippen MR) is 71.5 cm³/mol. The molecule has 1 aromatic rings. The van der Waals surface area contributed by atoms with Gasteiger partial charge in [-0.15, -0.1) is 0 Å². The van der Waals surface area contributed by atoms with E-state index in [1.54, 1.807) is 7.11 Å². The van der Waals surface area contributed by atoms with Gasteiger partial charge in [0.1, 0.15) is 5.75 Å². The Kier molecular flexibility index (Phi) is 3.72. The third-order valence-electron chi connectivity index (χ3n) is 4.01. The largest absolute Gasteiger partial charge is 0.497 e. The van der Waals surface area contributed by atoms with E-state index in [9.17, 15) is 0 Å². The number of hydrogen-bond acceptors (Lipinski definition) is 2. The summed E-state index contributed by atoms with van der Waals surface area (Å²) in [6.45, 7) is 2.41. The van der Waals surface area contributed by atoms with Crippen LogP contribution in [0.2, 0.25) is 0 Å². The van der Waals surface area contributed by atoms with Crippen LogP contribution < -0.4 is 10.1 Å². The van der Waals surface area contributed by atoms with Gasteiger partial charge >= 0.3 is 0 Å². The Labute approximate surface area is 104 Å². The van der Waals surface area contributed by atoms with E-state index in [0.29, 0.717) is 11.5 Å². The highest BCUT2D eigenvalue weighted by atomic mass is 16.5. The van der Waals surface area contributed by atoms with Crippen LogP contribution >= 0.6 is 0 Å². The minimum Gasteiger partial charge on any atom is -0.497 e. The molecule has 0 aromatic heterocycles. The second-order valence-corrected chi connectivity index (χ2v) is 5.57. The zero-order valence-electron chi connectivity index (χ0n) is 11.1. The van der Waals surface area contributed by atoms with Crippen molar-refractivity contribution in [2.75, 3.05) is 14.2 Å². The van der Waals surface area contributed by atoms with Gasteiger partial charge in [-0.25, -0.2) is 0 Å². The molecule has 0 spiro atoms. The maximum absolute atomic E-state index is 5.28. The van der Waals surface area contributed by atoms with E-state index < -0.39 is 0 Å². The summed E-state index contributed by atoms with van der Waals surface area (Å²) in [5.41, 5.74) is 1.84. The van der Waals surface area contributed by atoms with Crippen molar-refractivity contribution in [1.82, 2.24) is 5.32 Å². The average molecular weight is 233 g/mol. The molecular formula is C15H23NO. The van der Waals surface area contributed by atoms with Crippen molar-refractivity contribution in [3.63, 3.8) is 0 Å². The summed E-state index contributed by atoms with van der Waals surface area (Å²) in [5, 5.41) is 3.40. The van der Waals surface area contributed by atoms with Crippen molar-refractivity contribution in [2.24, 2.45) is 5.41 Å². The number of nitrogens with one attached hydrogen (secondary N) is 1. The van der Waals surface area contributed by atoms with Crippen LogP contribution in [0.4, 0.5) is 0 Å². The normalized spacial score (nSPS) is 28.3. The Morgan fingerprint density at radius 1 is 1.47 bits per heavy atom. The van der Waals surface area contributed by atoms with Crippen LogP contribution in [0.25, 0.3) is 0 Å². The summed E-state index contributed by atoms with van der Waals surface area (Å²) >= 11 is 0. The molecular weight excluding hydrogens is 210 g/mol. The number of hydrogen-bond donors (Lipinski definition) is 1. The molecule has 1 aliphatic carbocycles. The van der Waals surface area contributed by atoms with Crippen molar-refractivity contribution >= 4 is 0 Å². The highest BCUT2D eigenvalue weighted by Gasteiger charge is 2.34. The van der Waals surface area contributed by atoms with E-state index in [-0.39, 0.29) is 0 Å². The summed E-state index contributed by atoms with van der Waals surface area (Å²) in [7, 11) is 3.80. The van der Waals surface area contributed by atoms with Crippen LogP contribution in [0, 0.1) is 5.41 Å². The van der Waals surface area contributed by atoms with Crippen molar-refractivity contribution in [2.45, 2.75) is 38.6 Å². The molecule has 2 rings (SSSR count). The van der Waals surface area contributed by atoms with Crippen LogP contribution in [0.3, 0.4) is 0 Å². The Bertz CT molecular complexity index is 377. The second kappa shape index (κ2) is 5.09. The molecule has 17 heavy (non-hydrogen) atoms. The summed E-state index contributed by atoms with van der Waals surface area (Å²) in [4.78, 5) is 0. The van der Waals surface area contributed by atoms with Gasteiger partial charge in [0.05, 0.1) is 7.11 Å². The molecule has 2 nitrogen and oxygen atoms in total. The molecule has 0 saturated heterocycles. The van der Waals surface area contributed by atoms with E-state index >= 15 is 0 Å². The Morgan fingerprint density at radius 2 is 2.29 bits per heavy atom. The van der Waals surface area contributed by atoms with Crippen molar-refractivity contribution in [3.05, 3.63) is 29.8 Å². The molecule has 1 N–H and O–H groups in total. The molecule has 0 bridgehead atoms. The molecule has 0 radical (unpaired) electrons. The van der Waals surface area contributed by atoms with E-state index in [2.05, 4.69) is 37.5 Å². The molecule has 1 saturated carbocycles. The smallest absolute Gasteiger partial charge is 0.119 e. The minimum absolute atomic E-state index is 0.444. The quantitative estimate of drug-likeness (QED) is 0.863. The summed E-state index contributed by atoms with van der Waals surface area (Å²) in [6.07, 6.45) is 5.05. The zero-order valence-corrected chi connectivity index (χ0v) is 11.1. The van der Waals surface area contributed by atoms with E-state index in [1.807, 2.05) is 6.07 Å². The molecule has 0 aliphatic heterocycles. The van der Waals surface area contributed by atoms with Gasteiger partial charge in [0.2, 0.25) is 0 Å². The number of methoxy groups -OCH3 is 1. The first-order valence-electron chi connectivity index (χ1n) is 6.45. The lowest BCUT2D eigenvalue weighted by molar-refractivity contribution is 0.323. The first-order valence-corrected chi connectivity index (χ1v) is 6.45. The SMILES string of the molecule is CNC1CCC(C)(Cc2cccc(OC)c2)C1. The average Bonchev–Trinajstić information content (AvgIpc) is 2.71. The monoisotopic (exact) mass is 233 g/mol. The van der Waals surface area contributed by atoms with Gasteiger partial charge in [0.25, 0.3) is 0 Å². The van der Waals surface area contributed by atoms with E-state index in [0.717, 1.165) is 12.2 Å². The van der Waals surface area contributed by atoms with Gasteiger partial charge in [-0.1, -0.05) is 19.1 Å². The molecule has 1 aliphatic rings. The number of rotatable bonds is 4. The third kappa shape index (κ3) is 3.01. The first-order chi connectivity index (χ1) is 8.15. The van der Waals surface area contributed by atoms with Crippen molar-refractivity contribution in [3.8, 4) is 5.75 Å². The second-order valence-electron chi connectivity index (χ2n) is 5.57. The van der Waals surface area contributed by atoms with Gasteiger partial charge in [-0.05, 0) is 55.8 Å². The maximum Gasteiger partial charge on any atom is 0.119 e. The highest BCUT2D eigenvalue weighted by Crippen LogP contribution is 2.40. The fourth-order valence-corrected chi connectivity index (χ4v) is 3.00. The van der Waals surface area contributed by atoms with E-state index in [1.165, 1.54) is 24.8 Å². The molecule has 2 atom stereocenters. The third-order valence-corrected chi connectivity index (χ3v) is 4.01. The summed E-state index contributed by atoms with van der Waals surface area (Å²) < 4.78 is 5.28. The first kappa shape index (κ1) is 12.4. The topological polar surface area (TPSA) is 21.3 Å². The van der Waals surface area contributed by atoms with Gasteiger partial charge in [-0.2, -0.15) is 0 Å². The Balaban J connectivity index is 2.05. The minimum atomic E-state index is 0.444. The van der Waals surface area contributed by atoms with Crippen LogP contribution in [0.1, 0.15) is 31.7 Å². The molecule has 94 valence electrons. The molecule has 1 fully saturated rings. The molecule has 0 amide bonds. The summed E-state index contributed by atoms with van der Waals surface area (Å²) in [6, 6.07) is 9.17.